The summed E-state index contributed by atoms with van der Waals surface area (Å²) >= 11 is 1.57. The monoisotopic (exact) mass is 485 g/mol. The van der Waals surface area contributed by atoms with Gasteiger partial charge in [0, 0.05) is 31.0 Å². The summed E-state index contributed by atoms with van der Waals surface area (Å²) in [6.07, 6.45) is 3.40. The summed E-state index contributed by atoms with van der Waals surface area (Å²) in [5.74, 6) is -0.136. The smallest absolute Gasteiger partial charge is 0.255 e. The molecule has 1 saturated heterocycles. The number of aromatic nitrogens is 2. The second-order valence-corrected chi connectivity index (χ2v) is 9.53. The fourth-order valence-electron chi connectivity index (χ4n) is 4.27. The van der Waals surface area contributed by atoms with Crippen molar-refractivity contribution < 1.29 is 9.59 Å². The number of hydrogen-bond donors (Lipinski definition) is 2. The Morgan fingerprint density at radius 1 is 0.943 bits per heavy atom. The number of amides is 2. The molecule has 0 aliphatic carbocycles. The molecule has 1 fully saturated rings. The van der Waals surface area contributed by atoms with Gasteiger partial charge in [-0.05, 0) is 48.6 Å². The third kappa shape index (κ3) is 5.67. The standard InChI is InChI=1S/C27H27N5O2S/c33-25(28-20-8-3-1-4-9-20)19-31-15-13-21(14-16-31)29-27(34)23-18-32(22-10-5-2-6-11-22)30-26(23)24-12-7-17-35-24/h1-12,17-18,21H,13-16,19H2,(H,28,33)(H,29,34). The first kappa shape index (κ1) is 23.0. The SMILES string of the molecule is O=C(CN1CCC(NC(=O)c2cn(-c3ccccc3)nc2-c2cccs2)CC1)Nc1ccccc1. The molecule has 2 aromatic heterocycles. The Kier molecular flexibility index (Phi) is 7.02. The molecule has 178 valence electrons. The van der Waals surface area contributed by atoms with Crippen LogP contribution in [0.5, 0.6) is 0 Å². The van der Waals surface area contributed by atoms with E-state index in [2.05, 4.69) is 15.5 Å². The van der Waals surface area contributed by atoms with E-state index in [0.717, 1.165) is 42.2 Å². The van der Waals surface area contributed by atoms with E-state index in [0.29, 0.717) is 17.8 Å². The molecule has 4 aromatic rings. The van der Waals surface area contributed by atoms with Crippen molar-refractivity contribution in [3.8, 4) is 16.3 Å². The van der Waals surface area contributed by atoms with Crippen molar-refractivity contribution >= 4 is 28.8 Å². The fourth-order valence-corrected chi connectivity index (χ4v) is 5.00. The predicted octanol–water partition coefficient (Wildman–Crippen LogP) is 4.43. The fraction of sp³-hybridized carbons (Fsp3) is 0.222. The molecule has 0 unspecified atom stereocenters. The molecule has 1 aliphatic rings. The molecule has 0 atom stereocenters. The highest BCUT2D eigenvalue weighted by molar-refractivity contribution is 7.13. The zero-order chi connectivity index (χ0) is 24.0. The summed E-state index contributed by atoms with van der Waals surface area (Å²) in [6.45, 7) is 1.87. The van der Waals surface area contributed by atoms with E-state index in [-0.39, 0.29) is 17.9 Å². The number of benzene rings is 2. The first-order valence-corrected chi connectivity index (χ1v) is 12.6. The average molecular weight is 486 g/mol. The van der Waals surface area contributed by atoms with Crippen LogP contribution < -0.4 is 10.6 Å². The number of anilines is 1. The van der Waals surface area contributed by atoms with Gasteiger partial charge in [0.05, 0.1) is 22.7 Å². The lowest BCUT2D eigenvalue weighted by Crippen LogP contribution is -2.46. The summed E-state index contributed by atoms with van der Waals surface area (Å²) in [5, 5.41) is 12.9. The van der Waals surface area contributed by atoms with Gasteiger partial charge < -0.3 is 10.6 Å². The molecule has 2 amide bonds. The number of piperidine rings is 1. The highest BCUT2D eigenvalue weighted by Crippen LogP contribution is 2.28. The maximum Gasteiger partial charge on any atom is 0.255 e. The van der Waals surface area contributed by atoms with Gasteiger partial charge in [-0.2, -0.15) is 5.10 Å². The number of nitrogens with one attached hydrogen (secondary N) is 2. The van der Waals surface area contributed by atoms with Crippen LogP contribution in [0.4, 0.5) is 5.69 Å². The van der Waals surface area contributed by atoms with Crippen LogP contribution in [-0.4, -0.2) is 52.2 Å². The lowest BCUT2D eigenvalue weighted by Gasteiger charge is -2.31. The van der Waals surface area contributed by atoms with Crippen LogP contribution in [0.1, 0.15) is 23.2 Å². The van der Waals surface area contributed by atoms with Gasteiger partial charge in [0.1, 0.15) is 5.69 Å². The van der Waals surface area contributed by atoms with Crippen LogP contribution in [0.2, 0.25) is 0 Å². The minimum absolute atomic E-state index is 0.0207. The maximum atomic E-state index is 13.3. The van der Waals surface area contributed by atoms with Crippen LogP contribution in [0.25, 0.3) is 16.3 Å². The largest absolute Gasteiger partial charge is 0.349 e. The third-order valence-corrected chi connectivity index (χ3v) is 6.96. The van der Waals surface area contributed by atoms with Gasteiger partial charge in [0.25, 0.3) is 5.91 Å². The predicted molar refractivity (Wildman–Crippen MR) is 139 cm³/mol. The van der Waals surface area contributed by atoms with Crippen molar-refractivity contribution in [2.75, 3.05) is 25.0 Å². The third-order valence-electron chi connectivity index (χ3n) is 6.08. The highest BCUT2D eigenvalue weighted by Gasteiger charge is 2.25. The van der Waals surface area contributed by atoms with Crippen molar-refractivity contribution in [2.45, 2.75) is 18.9 Å². The number of rotatable bonds is 7. The van der Waals surface area contributed by atoms with E-state index < -0.39 is 0 Å². The Hall–Kier alpha value is -3.75. The van der Waals surface area contributed by atoms with Crippen molar-refractivity contribution in [3.05, 3.63) is 89.9 Å². The molecule has 0 saturated carbocycles. The molecule has 3 heterocycles. The van der Waals surface area contributed by atoms with Crippen molar-refractivity contribution in [1.29, 1.82) is 0 Å². The van der Waals surface area contributed by atoms with E-state index in [1.165, 1.54) is 0 Å². The van der Waals surface area contributed by atoms with Gasteiger partial charge in [0.15, 0.2) is 0 Å². The van der Waals surface area contributed by atoms with Gasteiger partial charge in [-0.15, -0.1) is 11.3 Å². The van der Waals surface area contributed by atoms with Gasteiger partial charge in [0.2, 0.25) is 5.91 Å². The normalized spacial score (nSPS) is 14.5. The topological polar surface area (TPSA) is 79.3 Å². The minimum atomic E-state index is -0.115. The summed E-state index contributed by atoms with van der Waals surface area (Å²) < 4.78 is 1.76. The van der Waals surface area contributed by atoms with Crippen LogP contribution in [0.15, 0.2) is 84.4 Å². The number of thiophene rings is 1. The zero-order valence-corrected chi connectivity index (χ0v) is 20.1. The van der Waals surface area contributed by atoms with Crippen LogP contribution in [-0.2, 0) is 4.79 Å². The number of carbonyl (C=O) groups excluding carboxylic acids is 2. The van der Waals surface area contributed by atoms with Crippen molar-refractivity contribution in [2.24, 2.45) is 0 Å². The Morgan fingerprint density at radius 3 is 2.34 bits per heavy atom. The van der Waals surface area contributed by atoms with Gasteiger partial charge in [-0.1, -0.05) is 42.5 Å². The van der Waals surface area contributed by atoms with E-state index in [4.69, 9.17) is 5.10 Å². The molecule has 2 aromatic carbocycles. The Morgan fingerprint density at radius 2 is 1.66 bits per heavy atom. The number of carbonyl (C=O) groups is 2. The van der Waals surface area contributed by atoms with Gasteiger partial charge >= 0.3 is 0 Å². The summed E-state index contributed by atoms with van der Waals surface area (Å²) in [6, 6.07) is 23.3. The summed E-state index contributed by atoms with van der Waals surface area (Å²) in [7, 11) is 0. The van der Waals surface area contributed by atoms with E-state index in [1.54, 1.807) is 16.0 Å². The average Bonchev–Trinajstić information content (AvgIpc) is 3.57. The van der Waals surface area contributed by atoms with E-state index in [9.17, 15) is 9.59 Å². The summed E-state index contributed by atoms with van der Waals surface area (Å²) in [4.78, 5) is 28.8. The second-order valence-electron chi connectivity index (χ2n) is 8.59. The van der Waals surface area contributed by atoms with Gasteiger partial charge in [-0.3, -0.25) is 14.5 Å². The quantitative estimate of drug-likeness (QED) is 0.406. The Labute approximate surface area is 208 Å². The molecule has 0 bridgehead atoms. The number of hydrogen-bond acceptors (Lipinski definition) is 5. The van der Waals surface area contributed by atoms with Gasteiger partial charge in [-0.25, -0.2) is 4.68 Å². The first-order chi connectivity index (χ1) is 17.2. The maximum absolute atomic E-state index is 13.3. The second kappa shape index (κ2) is 10.7. The molecule has 0 radical (unpaired) electrons. The summed E-state index contributed by atoms with van der Waals surface area (Å²) in [5.41, 5.74) is 2.97. The Balaban J connectivity index is 1.20. The molecule has 35 heavy (non-hydrogen) atoms. The van der Waals surface area contributed by atoms with Crippen molar-refractivity contribution in [1.82, 2.24) is 20.0 Å². The van der Waals surface area contributed by atoms with E-state index in [1.807, 2.05) is 84.4 Å². The Bertz CT molecular complexity index is 1260. The molecule has 2 N–H and O–H groups in total. The zero-order valence-electron chi connectivity index (χ0n) is 19.3. The molecular formula is C27H27N5O2S. The molecule has 8 heteroatoms. The molecule has 0 spiro atoms. The number of likely N-dealkylation sites (tertiary alicyclic amines) is 1. The molecule has 1 aliphatic heterocycles. The lowest BCUT2D eigenvalue weighted by molar-refractivity contribution is -0.117. The van der Waals surface area contributed by atoms with Crippen LogP contribution in [0, 0.1) is 0 Å². The van der Waals surface area contributed by atoms with E-state index >= 15 is 0 Å². The molecule has 5 rings (SSSR count). The van der Waals surface area contributed by atoms with Crippen molar-refractivity contribution in [3.63, 3.8) is 0 Å². The van der Waals surface area contributed by atoms with Crippen LogP contribution >= 0.6 is 11.3 Å². The number of para-hydroxylation sites is 2. The first-order valence-electron chi connectivity index (χ1n) is 11.7. The highest BCUT2D eigenvalue weighted by atomic mass is 32.1. The molecular weight excluding hydrogens is 458 g/mol. The number of nitrogens with zero attached hydrogens (tertiary/aromatic N) is 3. The van der Waals surface area contributed by atoms with Crippen LogP contribution in [0.3, 0.4) is 0 Å². The molecule has 7 nitrogen and oxygen atoms in total. The lowest BCUT2D eigenvalue weighted by atomic mass is 10.0. The minimum Gasteiger partial charge on any atom is -0.349 e.